The maximum absolute atomic E-state index is 13.9. The first-order chi connectivity index (χ1) is 14.7. The molecule has 0 fully saturated rings. The lowest BCUT2D eigenvalue weighted by Crippen LogP contribution is -2.17. The van der Waals surface area contributed by atoms with Crippen LogP contribution in [0.25, 0.3) is 11.1 Å². The summed E-state index contributed by atoms with van der Waals surface area (Å²) in [6.45, 7) is 0.939. The van der Waals surface area contributed by atoms with Gasteiger partial charge in [-0.25, -0.2) is 17.9 Å². The topological polar surface area (TPSA) is 116 Å². The fraction of sp³-hybridized carbons (Fsp3) is 0.200. The summed E-state index contributed by atoms with van der Waals surface area (Å²) >= 11 is 5.95. The number of nitrogens with two attached hydrogens (primary N) is 1. The smallest absolute Gasteiger partial charge is 0.238 e. The van der Waals surface area contributed by atoms with E-state index in [2.05, 4.69) is 10.4 Å². The molecule has 3 aromatic rings. The summed E-state index contributed by atoms with van der Waals surface area (Å²) in [6, 6.07) is 8.41. The lowest BCUT2D eigenvalue weighted by molar-refractivity contribution is -0.115. The van der Waals surface area contributed by atoms with E-state index in [4.69, 9.17) is 21.5 Å². The summed E-state index contributed by atoms with van der Waals surface area (Å²) in [6.07, 6.45) is 2.86. The fourth-order valence-electron chi connectivity index (χ4n) is 2.95. The van der Waals surface area contributed by atoms with Crippen LogP contribution in [0.2, 0.25) is 5.02 Å². The Morgan fingerprint density at radius 2 is 2.10 bits per heavy atom. The van der Waals surface area contributed by atoms with Crippen molar-refractivity contribution in [2.75, 3.05) is 19.0 Å². The van der Waals surface area contributed by atoms with E-state index in [9.17, 15) is 17.6 Å². The van der Waals surface area contributed by atoms with Gasteiger partial charge < -0.3 is 10.1 Å². The third kappa shape index (κ3) is 5.67. The van der Waals surface area contributed by atoms with Crippen LogP contribution in [0.3, 0.4) is 0 Å². The van der Waals surface area contributed by atoms with E-state index in [1.54, 1.807) is 18.0 Å². The van der Waals surface area contributed by atoms with Crippen molar-refractivity contribution in [1.82, 2.24) is 9.78 Å². The number of hydrogen-bond acceptors (Lipinski definition) is 5. The zero-order valence-corrected chi connectivity index (χ0v) is 18.1. The average Bonchev–Trinajstić information content (AvgIpc) is 3.17. The van der Waals surface area contributed by atoms with Gasteiger partial charge in [-0.1, -0.05) is 23.7 Å². The van der Waals surface area contributed by atoms with Crippen LogP contribution >= 0.6 is 11.6 Å². The summed E-state index contributed by atoms with van der Waals surface area (Å²) < 4.78 is 44.9. The average molecular weight is 467 g/mol. The number of nitrogens with zero attached hydrogens (tertiary/aromatic N) is 2. The van der Waals surface area contributed by atoms with E-state index >= 15 is 0 Å². The molecule has 1 heterocycles. The Bertz CT molecular complexity index is 1190. The molecule has 0 radical (unpaired) electrons. The maximum atomic E-state index is 13.9. The molecule has 0 aliphatic heterocycles. The molecular formula is C20H20ClFN4O4S. The van der Waals surface area contributed by atoms with Gasteiger partial charge in [0.15, 0.2) is 0 Å². The van der Waals surface area contributed by atoms with Crippen molar-refractivity contribution in [1.29, 1.82) is 0 Å². The number of aromatic nitrogens is 2. The molecule has 31 heavy (non-hydrogen) atoms. The summed E-state index contributed by atoms with van der Waals surface area (Å²) in [5.41, 5.74) is 1.11. The van der Waals surface area contributed by atoms with Crippen LogP contribution in [-0.4, -0.2) is 37.8 Å². The molecule has 0 spiro atoms. The minimum Gasteiger partial charge on any atom is -0.383 e. The van der Waals surface area contributed by atoms with Crippen LogP contribution in [0.15, 0.2) is 53.7 Å². The molecule has 0 atom stereocenters. The van der Waals surface area contributed by atoms with Gasteiger partial charge in [-0.15, -0.1) is 0 Å². The molecule has 3 N–H and O–H groups in total. The summed E-state index contributed by atoms with van der Waals surface area (Å²) in [4.78, 5) is 12.2. The standard InChI is InChI=1S/C20H20ClFN4O4S/c1-30-8-7-26-12-13(11-24-26)15-6-5-14(9-19(15)31(23,28)29)25-20(27)10-16-17(21)3-2-4-18(16)22/h2-6,9,11-12H,7-8,10H2,1H3,(H,25,27)(H2,23,28,29). The fourth-order valence-corrected chi connectivity index (χ4v) is 3.96. The molecule has 0 bridgehead atoms. The molecule has 0 aliphatic rings. The van der Waals surface area contributed by atoms with Crippen molar-refractivity contribution < 1.29 is 22.3 Å². The number of primary sulfonamides is 1. The number of sulfonamides is 1. The third-order valence-electron chi connectivity index (χ3n) is 4.44. The Morgan fingerprint density at radius 1 is 1.32 bits per heavy atom. The van der Waals surface area contributed by atoms with Gasteiger partial charge in [0.2, 0.25) is 15.9 Å². The van der Waals surface area contributed by atoms with Gasteiger partial charge in [0, 0.05) is 40.7 Å². The Labute approximate surface area is 183 Å². The number of benzene rings is 2. The van der Waals surface area contributed by atoms with Gasteiger partial charge in [0.1, 0.15) is 5.82 Å². The second-order valence-electron chi connectivity index (χ2n) is 6.67. The Balaban J connectivity index is 1.86. The molecule has 2 aromatic carbocycles. The summed E-state index contributed by atoms with van der Waals surface area (Å²) in [7, 11) is -2.55. The van der Waals surface area contributed by atoms with Crippen LogP contribution in [0.1, 0.15) is 5.56 Å². The van der Waals surface area contributed by atoms with Crippen molar-refractivity contribution in [2.45, 2.75) is 17.9 Å². The molecule has 1 amide bonds. The molecule has 0 saturated carbocycles. The molecule has 0 saturated heterocycles. The van der Waals surface area contributed by atoms with Gasteiger partial charge in [-0.3, -0.25) is 9.48 Å². The van der Waals surface area contributed by atoms with Crippen molar-refractivity contribution in [3.05, 3.63) is 65.2 Å². The first-order valence-corrected chi connectivity index (χ1v) is 11.0. The quantitative estimate of drug-likeness (QED) is 0.529. The molecule has 11 heteroatoms. The van der Waals surface area contributed by atoms with E-state index in [1.165, 1.54) is 42.6 Å². The van der Waals surface area contributed by atoms with Crippen LogP contribution in [0.4, 0.5) is 10.1 Å². The Hall–Kier alpha value is -2.79. The summed E-state index contributed by atoms with van der Waals surface area (Å²) in [5.74, 6) is -1.17. The highest BCUT2D eigenvalue weighted by Crippen LogP contribution is 2.29. The number of amides is 1. The number of carbonyl (C=O) groups is 1. The Morgan fingerprint density at radius 3 is 2.77 bits per heavy atom. The van der Waals surface area contributed by atoms with Crippen LogP contribution in [-0.2, 0) is 32.5 Å². The molecule has 164 valence electrons. The molecule has 0 aliphatic carbocycles. The number of nitrogens with one attached hydrogen (secondary N) is 1. The normalized spacial score (nSPS) is 11.5. The second kappa shape index (κ2) is 9.56. The summed E-state index contributed by atoms with van der Waals surface area (Å²) in [5, 5.41) is 12.2. The Kier molecular flexibility index (Phi) is 7.06. The number of carbonyl (C=O) groups excluding carboxylic acids is 1. The molecule has 8 nitrogen and oxygen atoms in total. The minimum atomic E-state index is -4.11. The SMILES string of the molecule is COCCn1cc(-c2ccc(NC(=O)Cc3c(F)cccc3Cl)cc2S(N)(=O)=O)cn1. The van der Waals surface area contributed by atoms with E-state index in [0.29, 0.717) is 24.3 Å². The number of methoxy groups -OCH3 is 1. The van der Waals surface area contributed by atoms with Gasteiger partial charge in [-0.2, -0.15) is 5.10 Å². The molecule has 1 aromatic heterocycles. The third-order valence-corrected chi connectivity index (χ3v) is 5.74. The monoisotopic (exact) mass is 466 g/mol. The molecule has 0 unspecified atom stereocenters. The van der Waals surface area contributed by atoms with Crippen LogP contribution in [0, 0.1) is 5.82 Å². The highest BCUT2D eigenvalue weighted by atomic mass is 35.5. The number of ether oxygens (including phenoxy) is 1. The highest BCUT2D eigenvalue weighted by Gasteiger charge is 2.19. The van der Waals surface area contributed by atoms with Crippen LogP contribution in [0.5, 0.6) is 0 Å². The van der Waals surface area contributed by atoms with Gasteiger partial charge in [-0.05, 0) is 24.3 Å². The largest absolute Gasteiger partial charge is 0.383 e. The molecular weight excluding hydrogens is 447 g/mol. The number of hydrogen-bond donors (Lipinski definition) is 2. The minimum absolute atomic E-state index is 0.0495. The van der Waals surface area contributed by atoms with Gasteiger partial charge in [0.05, 0.1) is 30.7 Å². The predicted molar refractivity (Wildman–Crippen MR) is 115 cm³/mol. The first kappa shape index (κ1) is 22.9. The maximum Gasteiger partial charge on any atom is 0.238 e. The van der Waals surface area contributed by atoms with E-state index in [-0.39, 0.29) is 27.6 Å². The van der Waals surface area contributed by atoms with Crippen molar-refractivity contribution in [3.63, 3.8) is 0 Å². The van der Waals surface area contributed by atoms with Gasteiger partial charge in [0.25, 0.3) is 0 Å². The van der Waals surface area contributed by atoms with E-state index in [0.717, 1.165) is 0 Å². The second-order valence-corrected chi connectivity index (χ2v) is 8.60. The van der Waals surface area contributed by atoms with Crippen molar-refractivity contribution in [3.8, 4) is 11.1 Å². The number of anilines is 1. The van der Waals surface area contributed by atoms with Crippen molar-refractivity contribution >= 4 is 33.2 Å². The van der Waals surface area contributed by atoms with Crippen LogP contribution < -0.4 is 10.5 Å². The number of rotatable bonds is 8. The highest BCUT2D eigenvalue weighted by molar-refractivity contribution is 7.89. The van der Waals surface area contributed by atoms with Crippen molar-refractivity contribution in [2.24, 2.45) is 5.14 Å². The molecule has 3 rings (SSSR count). The van der Waals surface area contributed by atoms with E-state index < -0.39 is 21.7 Å². The lowest BCUT2D eigenvalue weighted by atomic mass is 10.1. The van der Waals surface area contributed by atoms with Gasteiger partial charge >= 0.3 is 0 Å². The van der Waals surface area contributed by atoms with E-state index in [1.807, 2.05) is 0 Å². The first-order valence-electron chi connectivity index (χ1n) is 9.10. The zero-order valence-electron chi connectivity index (χ0n) is 16.5. The number of halogens is 2. The zero-order chi connectivity index (χ0) is 22.6. The lowest BCUT2D eigenvalue weighted by Gasteiger charge is -2.11. The predicted octanol–water partition coefficient (Wildman–Crippen LogP) is 2.82.